The Morgan fingerprint density at radius 1 is 1.08 bits per heavy atom. The molecule has 0 bridgehead atoms. The average molecular weight is 355 g/mol. The SMILES string of the molecule is COc1ccc(CNC(=O)c2cc(-c3ccc(F)cc3)[nH]n2)cc1OC. The molecule has 134 valence electrons. The lowest BCUT2D eigenvalue weighted by atomic mass is 10.1. The zero-order valence-corrected chi connectivity index (χ0v) is 14.4. The number of amides is 1. The molecule has 0 aliphatic heterocycles. The average Bonchev–Trinajstić information content (AvgIpc) is 3.16. The summed E-state index contributed by atoms with van der Waals surface area (Å²) < 4.78 is 23.4. The molecule has 3 aromatic rings. The fourth-order valence-corrected chi connectivity index (χ4v) is 2.48. The summed E-state index contributed by atoms with van der Waals surface area (Å²) in [5.74, 6) is 0.585. The van der Waals surface area contributed by atoms with E-state index < -0.39 is 0 Å². The smallest absolute Gasteiger partial charge is 0.272 e. The fraction of sp³-hybridized carbons (Fsp3) is 0.158. The molecule has 1 heterocycles. The summed E-state index contributed by atoms with van der Waals surface area (Å²) in [6.45, 7) is 0.317. The summed E-state index contributed by atoms with van der Waals surface area (Å²) >= 11 is 0. The van der Waals surface area contributed by atoms with Gasteiger partial charge < -0.3 is 14.8 Å². The van der Waals surface area contributed by atoms with Crippen LogP contribution in [0.2, 0.25) is 0 Å². The van der Waals surface area contributed by atoms with Crippen LogP contribution >= 0.6 is 0 Å². The van der Waals surface area contributed by atoms with Gasteiger partial charge in [-0.2, -0.15) is 5.10 Å². The van der Waals surface area contributed by atoms with E-state index in [9.17, 15) is 9.18 Å². The van der Waals surface area contributed by atoms with Crippen LogP contribution in [0.3, 0.4) is 0 Å². The van der Waals surface area contributed by atoms with Crippen molar-refractivity contribution in [3.05, 3.63) is 65.6 Å². The number of carbonyl (C=O) groups excluding carboxylic acids is 1. The van der Waals surface area contributed by atoms with Crippen molar-refractivity contribution in [2.45, 2.75) is 6.54 Å². The Bertz CT molecular complexity index is 907. The van der Waals surface area contributed by atoms with Gasteiger partial charge in [0.1, 0.15) is 5.82 Å². The minimum atomic E-state index is -0.318. The molecule has 0 aliphatic carbocycles. The van der Waals surface area contributed by atoms with Crippen molar-refractivity contribution in [1.82, 2.24) is 15.5 Å². The maximum Gasteiger partial charge on any atom is 0.272 e. The van der Waals surface area contributed by atoms with Crippen LogP contribution in [0.15, 0.2) is 48.5 Å². The molecule has 2 aromatic carbocycles. The molecule has 0 unspecified atom stereocenters. The second-order valence-corrected chi connectivity index (χ2v) is 5.55. The van der Waals surface area contributed by atoms with Gasteiger partial charge in [0.05, 0.1) is 19.9 Å². The third kappa shape index (κ3) is 3.83. The number of carbonyl (C=O) groups is 1. The lowest BCUT2D eigenvalue weighted by Gasteiger charge is -2.10. The zero-order valence-electron chi connectivity index (χ0n) is 14.4. The van der Waals surface area contributed by atoms with E-state index in [1.54, 1.807) is 44.6 Å². The van der Waals surface area contributed by atoms with Crippen LogP contribution in [0.4, 0.5) is 4.39 Å². The van der Waals surface area contributed by atoms with E-state index in [2.05, 4.69) is 15.5 Å². The molecule has 0 fully saturated rings. The predicted octanol–water partition coefficient (Wildman–Crippen LogP) is 3.16. The fourth-order valence-electron chi connectivity index (χ4n) is 2.48. The van der Waals surface area contributed by atoms with Gasteiger partial charge in [0, 0.05) is 6.54 Å². The van der Waals surface area contributed by atoms with Crippen LogP contribution in [0.1, 0.15) is 16.1 Å². The summed E-state index contributed by atoms with van der Waals surface area (Å²) in [5.41, 5.74) is 2.51. The standard InChI is InChI=1S/C19H18FN3O3/c1-25-17-8-3-12(9-18(17)26-2)11-21-19(24)16-10-15(22-23-16)13-4-6-14(20)7-5-13/h3-10H,11H2,1-2H3,(H,21,24)(H,22,23). The van der Waals surface area contributed by atoms with Crippen LogP contribution in [0.25, 0.3) is 11.3 Å². The van der Waals surface area contributed by atoms with Gasteiger partial charge in [-0.3, -0.25) is 9.89 Å². The van der Waals surface area contributed by atoms with Gasteiger partial charge in [0.2, 0.25) is 0 Å². The van der Waals surface area contributed by atoms with Gasteiger partial charge >= 0.3 is 0 Å². The third-order valence-electron chi connectivity index (χ3n) is 3.87. The summed E-state index contributed by atoms with van der Waals surface area (Å²) in [6, 6.07) is 13.0. The van der Waals surface area contributed by atoms with Crippen LogP contribution in [-0.2, 0) is 6.54 Å². The lowest BCUT2D eigenvalue weighted by Crippen LogP contribution is -2.23. The molecule has 0 aliphatic rings. The van der Waals surface area contributed by atoms with Crippen molar-refractivity contribution in [2.24, 2.45) is 0 Å². The Kier molecular flexibility index (Phi) is 5.17. The number of hydrogen-bond donors (Lipinski definition) is 2. The highest BCUT2D eigenvalue weighted by Gasteiger charge is 2.12. The molecule has 2 N–H and O–H groups in total. The number of halogens is 1. The topological polar surface area (TPSA) is 76.2 Å². The van der Waals surface area contributed by atoms with E-state index >= 15 is 0 Å². The zero-order chi connectivity index (χ0) is 18.5. The van der Waals surface area contributed by atoms with Crippen molar-refractivity contribution in [3.63, 3.8) is 0 Å². The Morgan fingerprint density at radius 2 is 1.81 bits per heavy atom. The highest BCUT2D eigenvalue weighted by Crippen LogP contribution is 2.27. The van der Waals surface area contributed by atoms with E-state index in [0.29, 0.717) is 23.7 Å². The predicted molar refractivity (Wildman–Crippen MR) is 94.7 cm³/mol. The van der Waals surface area contributed by atoms with Crippen LogP contribution in [0.5, 0.6) is 11.5 Å². The summed E-state index contributed by atoms with van der Waals surface area (Å²) in [6.07, 6.45) is 0. The summed E-state index contributed by atoms with van der Waals surface area (Å²) in [7, 11) is 3.12. The number of aromatic amines is 1. The van der Waals surface area contributed by atoms with E-state index in [1.165, 1.54) is 12.1 Å². The van der Waals surface area contributed by atoms with Gasteiger partial charge in [0.25, 0.3) is 5.91 Å². The molecular formula is C19H18FN3O3. The first-order valence-corrected chi connectivity index (χ1v) is 7.91. The van der Waals surface area contributed by atoms with Gasteiger partial charge in [-0.1, -0.05) is 6.07 Å². The first-order chi connectivity index (χ1) is 12.6. The van der Waals surface area contributed by atoms with Gasteiger partial charge in [-0.25, -0.2) is 4.39 Å². The van der Waals surface area contributed by atoms with E-state index in [4.69, 9.17) is 9.47 Å². The molecule has 0 atom stereocenters. The molecule has 0 saturated heterocycles. The van der Waals surface area contributed by atoms with Gasteiger partial charge in [-0.15, -0.1) is 0 Å². The number of benzene rings is 2. The minimum Gasteiger partial charge on any atom is -0.493 e. The van der Waals surface area contributed by atoms with Gasteiger partial charge in [-0.05, 0) is 53.6 Å². The quantitative estimate of drug-likeness (QED) is 0.712. The number of nitrogens with one attached hydrogen (secondary N) is 2. The highest BCUT2D eigenvalue weighted by atomic mass is 19.1. The molecule has 26 heavy (non-hydrogen) atoms. The largest absolute Gasteiger partial charge is 0.493 e. The lowest BCUT2D eigenvalue weighted by molar-refractivity contribution is 0.0946. The number of methoxy groups -OCH3 is 2. The van der Waals surface area contributed by atoms with E-state index in [1.807, 2.05) is 6.07 Å². The van der Waals surface area contributed by atoms with E-state index in [0.717, 1.165) is 11.1 Å². The molecule has 0 saturated carbocycles. The number of nitrogens with zero attached hydrogens (tertiary/aromatic N) is 1. The number of rotatable bonds is 6. The molecule has 0 spiro atoms. The molecule has 1 amide bonds. The second kappa shape index (κ2) is 7.69. The van der Waals surface area contributed by atoms with Crippen molar-refractivity contribution in [2.75, 3.05) is 14.2 Å². The van der Waals surface area contributed by atoms with Gasteiger partial charge in [0.15, 0.2) is 17.2 Å². The molecule has 3 rings (SSSR count). The Hall–Kier alpha value is -3.35. The summed E-state index contributed by atoms with van der Waals surface area (Å²) in [5, 5.41) is 9.60. The van der Waals surface area contributed by atoms with Crippen molar-refractivity contribution in [3.8, 4) is 22.8 Å². The molecule has 0 radical (unpaired) electrons. The van der Waals surface area contributed by atoms with Crippen LogP contribution in [-0.4, -0.2) is 30.3 Å². The van der Waals surface area contributed by atoms with Crippen LogP contribution in [0, 0.1) is 5.82 Å². The molecule has 6 nitrogen and oxygen atoms in total. The highest BCUT2D eigenvalue weighted by molar-refractivity contribution is 5.93. The van der Waals surface area contributed by atoms with Crippen molar-refractivity contribution in [1.29, 1.82) is 0 Å². The number of ether oxygens (including phenoxy) is 2. The second-order valence-electron chi connectivity index (χ2n) is 5.55. The molecule has 1 aromatic heterocycles. The Balaban J connectivity index is 1.66. The first-order valence-electron chi connectivity index (χ1n) is 7.91. The minimum absolute atomic E-state index is 0.254. The normalized spacial score (nSPS) is 10.4. The number of H-pyrrole nitrogens is 1. The Labute approximate surface area is 150 Å². The maximum atomic E-state index is 13.0. The van der Waals surface area contributed by atoms with Crippen LogP contribution < -0.4 is 14.8 Å². The molecule has 7 heteroatoms. The summed E-state index contributed by atoms with van der Waals surface area (Å²) in [4.78, 5) is 12.3. The Morgan fingerprint density at radius 3 is 2.50 bits per heavy atom. The third-order valence-corrected chi connectivity index (χ3v) is 3.87. The van der Waals surface area contributed by atoms with E-state index in [-0.39, 0.29) is 17.4 Å². The molecular weight excluding hydrogens is 337 g/mol. The maximum absolute atomic E-state index is 13.0. The number of aromatic nitrogens is 2. The van der Waals surface area contributed by atoms with Crippen molar-refractivity contribution < 1.29 is 18.7 Å². The first kappa shape index (κ1) is 17.5. The van der Waals surface area contributed by atoms with Crippen molar-refractivity contribution >= 4 is 5.91 Å². The number of hydrogen-bond acceptors (Lipinski definition) is 4. The monoisotopic (exact) mass is 355 g/mol.